The van der Waals surface area contributed by atoms with Crippen molar-refractivity contribution in [3.63, 3.8) is 0 Å². The zero-order chi connectivity index (χ0) is 15.7. The van der Waals surface area contributed by atoms with Crippen LogP contribution >= 0.6 is 23.2 Å². The quantitative estimate of drug-likeness (QED) is 0.609. The zero-order valence-corrected chi connectivity index (χ0v) is 13.4. The topological polar surface area (TPSA) is 38.8 Å². The van der Waals surface area contributed by atoms with Gasteiger partial charge in [0.2, 0.25) is 5.78 Å². The van der Waals surface area contributed by atoms with Crippen molar-refractivity contribution >= 4 is 29.0 Å². The summed E-state index contributed by atoms with van der Waals surface area (Å²) in [5.74, 6) is -0.201. The maximum Gasteiger partial charge on any atom is 0.203 e. The lowest BCUT2D eigenvalue weighted by molar-refractivity contribution is 0.0871. The van der Waals surface area contributed by atoms with E-state index >= 15 is 0 Å². The average molecular weight is 337 g/mol. The van der Waals surface area contributed by atoms with Gasteiger partial charge in [0.05, 0.1) is 11.6 Å². The summed E-state index contributed by atoms with van der Waals surface area (Å²) in [7, 11) is 1.57. The molecule has 1 aliphatic heterocycles. The first kappa shape index (κ1) is 15.5. The second-order valence-corrected chi connectivity index (χ2v) is 5.90. The molecule has 1 saturated heterocycles. The van der Waals surface area contributed by atoms with Crippen molar-refractivity contribution < 1.29 is 14.3 Å². The minimum Gasteiger partial charge on any atom is -0.382 e. The highest BCUT2D eigenvalue weighted by atomic mass is 35.5. The summed E-state index contributed by atoms with van der Waals surface area (Å²) >= 11 is 12.4. The summed E-state index contributed by atoms with van der Waals surface area (Å²) in [6.45, 7) is 0.307. The number of ether oxygens (including phenoxy) is 2. The van der Waals surface area contributed by atoms with Gasteiger partial charge in [0.1, 0.15) is 6.10 Å². The third kappa shape index (κ3) is 2.44. The molecule has 22 heavy (non-hydrogen) atoms. The normalized spacial score (nSPS) is 23.3. The van der Waals surface area contributed by atoms with E-state index in [1.54, 1.807) is 43.5 Å². The number of rotatable bonds is 5. The average Bonchev–Trinajstić information content (AvgIpc) is 3.23. The Morgan fingerprint density at radius 2 is 1.77 bits per heavy atom. The van der Waals surface area contributed by atoms with E-state index in [0.717, 1.165) is 0 Å². The molecule has 5 heteroatoms. The number of epoxide rings is 1. The number of methoxy groups -OCH3 is 1. The highest BCUT2D eigenvalue weighted by Gasteiger charge is 2.64. The molecule has 2 aromatic carbocycles. The third-order valence-electron chi connectivity index (χ3n) is 3.77. The second kappa shape index (κ2) is 6.01. The molecule has 2 aromatic rings. The lowest BCUT2D eigenvalue weighted by atomic mass is 9.87. The number of carbonyl (C=O) groups excluding carboxylic acids is 1. The van der Waals surface area contributed by atoms with E-state index in [0.29, 0.717) is 27.8 Å². The maximum atomic E-state index is 13.1. The molecule has 1 aliphatic rings. The molecule has 0 aliphatic carbocycles. The molecule has 114 valence electrons. The number of carbonyl (C=O) groups is 1. The van der Waals surface area contributed by atoms with Gasteiger partial charge in [-0.2, -0.15) is 0 Å². The number of benzene rings is 2. The number of halogens is 2. The molecule has 0 spiro atoms. The van der Waals surface area contributed by atoms with Gasteiger partial charge in [0, 0.05) is 23.3 Å². The number of hydrogen-bond acceptors (Lipinski definition) is 3. The number of ketones is 1. The second-order valence-electron chi connectivity index (χ2n) is 5.09. The van der Waals surface area contributed by atoms with Gasteiger partial charge in [0.25, 0.3) is 0 Å². The molecule has 0 unspecified atom stereocenters. The molecule has 0 amide bonds. The van der Waals surface area contributed by atoms with Crippen molar-refractivity contribution in [2.45, 2.75) is 11.7 Å². The van der Waals surface area contributed by atoms with Crippen molar-refractivity contribution in [2.24, 2.45) is 0 Å². The van der Waals surface area contributed by atoms with Crippen LogP contribution in [-0.2, 0) is 15.1 Å². The van der Waals surface area contributed by atoms with Gasteiger partial charge in [-0.25, -0.2) is 0 Å². The predicted molar refractivity (Wildman–Crippen MR) is 85.7 cm³/mol. The van der Waals surface area contributed by atoms with Crippen LogP contribution in [0, 0.1) is 0 Å². The first-order valence-corrected chi connectivity index (χ1v) is 7.58. The molecule has 1 heterocycles. The molecule has 0 N–H and O–H groups in total. The Bertz CT molecular complexity index is 717. The molecule has 0 bridgehead atoms. The number of Topliss-reactive ketones (excluding diaryl/α,β-unsaturated/α-hetero) is 1. The van der Waals surface area contributed by atoms with E-state index in [1.165, 1.54) is 0 Å². The molecule has 0 radical (unpaired) electrons. The summed E-state index contributed by atoms with van der Waals surface area (Å²) in [5, 5.41) is 0.882. The van der Waals surface area contributed by atoms with E-state index in [4.69, 9.17) is 32.7 Å². The maximum absolute atomic E-state index is 13.1. The van der Waals surface area contributed by atoms with Gasteiger partial charge in [-0.1, -0.05) is 53.5 Å². The third-order valence-corrected chi connectivity index (χ3v) is 4.43. The highest BCUT2D eigenvalue weighted by Crippen LogP contribution is 2.51. The largest absolute Gasteiger partial charge is 0.382 e. The van der Waals surface area contributed by atoms with Crippen LogP contribution in [0.2, 0.25) is 10.0 Å². The van der Waals surface area contributed by atoms with E-state index in [9.17, 15) is 4.79 Å². The Morgan fingerprint density at radius 3 is 2.41 bits per heavy atom. The van der Waals surface area contributed by atoms with Crippen molar-refractivity contribution in [1.82, 2.24) is 0 Å². The van der Waals surface area contributed by atoms with E-state index in [-0.39, 0.29) is 11.9 Å². The SMILES string of the molecule is COC[C@@H]1O[C@@]1(C(=O)c1ccccc1Cl)c1ccccc1Cl. The zero-order valence-electron chi connectivity index (χ0n) is 11.9. The Morgan fingerprint density at radius 1 is 1.14 bits per heavy atom. The minimum atomic E-state index is -1.13. The van der Waals surface area contributed by atoms with Crippen LogP contribution < -0.4 is 0 Å². The fourth-order valence-corrected chi connectivity index (χ4v) is 3.16. The van der Waals surface area contributed by atoms with Crippen LogP contribution in [0.4, 0.5) is 0 Å². The smallest absolute Gasteiger partial charge is 0.203 e. The fraction of sp³-hybridized carbons (Fsp3) is 0.235. The van der Waals surface area contributed by atoms with Crippen molar-refractivity contribution in [3.8, 4) is 0 Å². The monoisotopic (exact) mass is 336 g/mol. The fourth-order valence-electron chi connectivity index (χ4n) is 2.66. The molecule has 2 atom stereocenters. The van der Waals surface area contributed by atoms with Gasteiger partial charge >= 0.3 is 0 Å². The molecular weight excluding hydrogens is 323 g/mol. The van der Waals surface area contributed by atoms with Crippen LogP contribution in [0.3, 0.4) is 0 Å². The van der Waals surface area contributed by atoms with Crippen molar-refractivity contribution in [1.29, 1.82) is 0 Å². The van der Waals surface area contributed by atoms with Crippen molar-refractivity contribution in [3.05, 3.63) is 69.7 Å². The Labute approximate surface area is 138 Å². The standard InChI is InChI=1S/C17H14Cl2O3/c1-21-10-15-17(22-15,12-7-3-5-9-14(12)19)16(20)11-6-2-4-8-13(11)18/h2-9,15H,10H2,1H3/t15-,17-/m0/s1. The number of hydrogen-bond donors (Lipinski definition) is 0. The lowest BCUT2D eigenvalue weighted by Gasteiger charge is -2.15. The molecule has 0 aromatic heterocycles. The van der Waals surface area contributed by atoms with Crippen LogP contribution in [0.1, 0.15) is 15.9 Å². The molecule has 0 saturated carbocycles. The Kier molecular flexibility index (Phi) is 4.24. The lowest BCUT2D eigenvalue weighted by Crippen LogP contribution is -2.27. The first-order chi connectivity index (χ1) is 10.6. The highest BCUT2D eigenvalue weighted by molar-refractivity contribution is 6.35. The summed E-state index contributed by atoms with van der Waals surface area (Å²) in [5.41, 5.74) is -0.0642. The van der Waals surface area contributed by atoms with Crippen LogP contribution in [-0.4, -0.2) is 25.6 Å². The summed E-state index contributed by atoms with van der Waals surface area (Å²) < 4.78 is 10.9. The van der Waals surface area contributed by atoms with E-state index in [1.807, 2.05) is 12.1 Å². The van der Waals surface area contributed by atoms with Gasteiger partial charge in [-0.3, -0.25) is 4.79 Å². The van der Waals surface area contributed by atoms with Crippen LogP contribution in [0.5, 0.6) is 0 Å². The van der Waals surface area contributed by atoms with E-state index < -0.39 is 5.60 Å². The Balaban J connectivity index is 2.08. The van der Waals surface area contributed by atoms with Crippen LogP contribution in [0.15, 0.2) is 48.5 Å². The van der Waals surface area contributed by atoms with Gasteiger partial charge < -0.3 is 9.47 Å². The molecular formula is C17H14Cl2O3. The molecule has 3 rings (SSSR count). The predicted octanol–water partition coefficient (Wildman–Crippen LogP) is 4.12. The Hall–Kier alpha value is -1.39. The summed E-state index contributed by atoms with van der Waals surface area (Å²) in [6, 6.07) is 14.1. The minimum absolute atomic E-state index is 0.201. The van der Waals surface area contributed by atoms with Gasteiger partial charge in [0.15, 0.2) is 5.60 Å². The first-order valence-electron chi connectivity index (χ1n) is 6.82. The van der Waals surface area contributed by atoms with Crippen molar-refractivity contribution in [2.75, 3.05) is 13.7 Å². The van der Waals surface area contributed by atoms with Crippen LogP contribution in [0.25, 0.3) is 0 Å². The summed E-state index contributed by atoms with van der Waals surface area (Å²) in [6.07, 6.45) is -0.374. The molecule has 1 fully saturated rings. The van der Waals surface area contributed by atoms with Gasteiger partial charge in [-0.05, 0) is 18.2 Å². The summed E-state index contributed by atoms with van der Waals surface area (Å²) in [4.78, 5) is 13.1. The van der Waals surface area contributed by atoms with Gasteiger partial charge in [-0.15, -0.1) is 0 Å². The molecule has 3 nitrogen and oxygen atoms in total. The van der Waals surface area contributed by atoms with E-state index in [2.05, 4.69) is 0 Å².